The van der Waals surface area contributed by atoms with E-state index in [0.717, 1.165) is 18.4 Å². The molecule has 0 heterocycles. The van der Waals surface area contributed by atoms with E-state index in [9.17, 15) is 9.18 Å². The molecule has 1 aromatic carbocycles. The van der Waals surface area contributed by atoms with Crippen molar-refractivity contribution in [3.8, 4) is 0 Å². The maximum Gasteiger partial charge on any atom is 0.225 e. The zero-order valence-electron chi connectivity index (χ0n) is 14.5. The highest BCUT2D eigenvalue weighted by atomic mass is 35.5. The number of hydrogen-bond donors (Lipinski definition) is 1. The third-order valence-electron chi connectivity index (χ3n) is 6.04. The Hall–Kier alpha value is -1.13. The quantitative estimate of drug-likeness (QED) is 0.894. The van der Waals surface area contributed by atoms with E-state index in [1.54, 1.807) is 12.1 Å². The van der Waals surface area contributed by atoms with Gasteiger partial charge >= 0.3 is 0 Å². The fourth-order valence-electron chi connectivity index (χ4n) is 4.43. The van der Waals surface area contributed by atoms with Crippen molar-refractivity contribution >= 4 is 18.3 Å². The van der Waals surface area contributed by atoms with Crippen LogP contribution < -0.4 is 5.73 Å². The minimum atomic E-state index is -0.246. The molecule has 2 saturated carbocycles. The number of fused-ring (bicyclic) bond motifs is 2. The lowest BCUT2D eigenvalue weighted by atomic mass is 9.65. The van der Waals surface area contributed by atoms with Crippen LogP contribution in [0.25, 0.3) is 0 Å². The molecule has 2 bridgehead atoms. The van der Waals surface area contributed by atoms with Crippen LogP contribution in [0.2, 0.25) is 0 Å². The molecule has 3 rings (SSSR count). The molecule has 0 saturated heterocycles. The maximum absolute atomic E-state index is 13.1. The van der Waals surface area contributed by atoms with E-state index < -0.39 is 0 Å². The summed E-state index contributed by atoms with van der Waals surface area (Å²) in [6.45, 7) is 2.00. The number of nitrogens with zero attached hydrogens (tertiary/aromatic N) is 1. The highest BCUT2D eigenvalue weighted by molar-refractivity contribution is 5.85. The molecule has 0 spiro atoms. The molecule has 5 heteroatoms. The lowest BCUT2D eigenvalue weighted by Gasteiger charge is -2.44. The van der Waals surface area contributed by atoms with Crippen molar-refractivity contribution in [1.29, 1.82) is 0 Å². The second-order valence-corrected chi connectivity index (χ2v) is 7.37. The first-order valence-electron chi connectivity index (χ1n) is 8.75. The van der Waals surface area contributed by atoms with Crippen molar-refractivity contribution < 1.29 is 9.18 Å². The molecule has 0 aliphatic heterocycles. The van der Waals surface area contributed by atoms with Crippen molar-refractivity contribution in [3.05, 3.63) is 35.6 Å². The van der Waals surface area contributed by atoms with Crippen molar-refractivity contribution in [1.82, 2.24) is 4.90 Å². The average Bonchev–Trinajstić information content (AvgIpc) is 2.53. The number of carbonyl (C=O) groups excluding carboxylic acids is 1. The Balaban J connectivity index is 0.00000208. The molecule has 1 amide bonds. The molecule has 1 aromatic rings. The number of rotatable bonds is 3. The first kappa shape index (κ1) is 19.2. The van der Waals surface area contributed by atoms with E-state index in [2.05, 4.69) is 0 Å². The summed E-state index contributed by atoms with van der Waals surface area (Å²) < 4.78 is 13.1. The Bertz CT molecular complexity index is 551. The predicted molar refractivity (Wildman–Crippen MR) is 96.4 cm³/mol. The second-order valence-electron chi connectivity index (χ2n) is 7.37. The van der Waals surface area contributed by atoms with E-state index >= 15 is 0 Å². The number of benzene rings is 1. The Kier molecular flexibility index (Phi) is 6.27. The Morgan fingerprint density at radius 3 is 2.29 bits per heavy atom. The summed E-state index contributed by atoms with van der Waals surface area (Å²) in [4.78, 5) is 14.8. The van der Waals surface area contributed by atoms with Gasteiger partial charge in [-0.3, -0.25) is 4.79 Å². The fourth-order valence-corrected chi connectivity index (χ4v) is 4.43. The number of carbonyl (C=O) groups is 1. The van der Waals surface area contributed by atoms with Gasteiger partial charge in [0.25, 0.3) is 0 Å². The molecule has 2 N–H and O–H groups in total. The Morgan fingerprint density at radius 1 is 1.21 bits per heavy atom. The first-order valence-corrected chi connectivity index (χ1v) is 8.75. The van der Waals surface area contributed by atoms with Crippen LogP contribution in [-0.4, -0.2) is 23.9 Å². The van der Waals surface area contributed by atoms with Crippen LogP contribution in [0.3, 0.4) is 0 Å². The third-order valence-corrected chi connectivity index (χ3v) is 6.04. The molecule has 0 aromatic heterocycles. The van der Waals surface area contributed by atoms with Crippen molar-refractivity contribution in [2.24, 2.45) is 23.5 Å². The van der Waals surface area contributed by atoms with Gasteiger partial charge in [0, 0.05) is 19.0 Å². The lowest BCUT2D eigenvalue weighted by Crippen LogP contribution is -2.49. The summed E-state index contributed by atoms with van der Waals surface area (Å²) in [6, 6.07) is 6.67. The summed E-state index contributed by atoms with van der Waals surface area (Å²) in [5.41, 5.74) is 7.29. The van der Waals surface area contributed by atoms with Gasteiger partial charge in [0.05, 0.1) is 6.04 Å². The normalized spacial score (nSPS) is 30.2. The molecular weight excluding hydrogens is 327 g/mol. The van der Waals surface area contributed by atoms with Crippen LogP contribution in [0.5, 0.6) is 0 Å². The molecule has 2 fully saturated rings. The second kappa shape index (κ2) is 7.83. The Labute approximate surface area is 150 Å². The highest BCUT2D eigenvalue weighted by Gasteiger charge is 2.41. The number of amides is 1. The van der Waals surface area contributed by atoms with Crippen LogP contribution in [0.4, 0.5) is 4.39 Å². The largest absolute Gasteiger partial charge is 0.339 e. The monoisotopic (exact) mass is 354 g/mol. The number of halogens is 2. The molecule has 24 heavy (non-hydrogen) atoms. The Morgan fingerprint density at radius 2 is 1.75 bits per heavy atom. The molecule has 134 valence electrons. The van der Waals surface area contributed by atoms with Crippen LogP contribution >= 0.6 is 12.4 Å². The summed E-state index contributed by atoms with van der Waals surface area (Å²) >= 11 is 0. The van der Waals surface area contributed by atoms with Gasteiger partial charge in [0.15, 0.2) is 0 Å². The van der Waals surface area contributed by atoms with Gasteiger partial charge in [0.2, 0.25) is 5.91 Å². The van der Waals surface area contributed by atoms with E-state index in [4.69, 9.17) is 5.73 Å². The molecule has 2 aliphatic rings. The minimum absolute atomic E-state index is 0. The predicted octanol–water partition coefficient (Wildman–Crippen LogP) is 3.92. The molecule has 2 aliphatic carbocycles. The maximum atomic E-state index is 13.1. The lowest BCUT2D eigenvalue weighted by molar-refractivity contribution is -0.139. The summed E-state index contributed by atoms with van der Waals surface area (Å²) in [6.07, 6.45) is 5.44. The summed E-state index contributed by atoms with van der Waals surface area (Å²) in [7, 11) is 1.86. The zero-order valence-corrected chi connectivity index (χ0v) is 15.3. The molecule has 3 atom stereocenters. The number of nitrogens with two attached hydrogens (primary N) is 1. The molecule has 3 unspecified atom stereocenters. The average molecular weight is 355 g/mol. The van der Waals surface area contributed by atoms with Crippen LogP contribution in [-0.2, 0) is 4.79 Å². The minimum Gasteiger partial charge on any atom is -0.339 e. The van der Waals surface area contributed by atoms with Crippen LogP contribution in [0.1, 0.15) is 50.6 Å². The summed E-state index contributed by atoms with van der Waals surface area (Å²) in [5, 5.41) is 0. The van der Waals surface area contributed by atoms with Gasteiger partial charge in [-0.25, -0.2) is 4.39 Å². The van der Waals surface area contributed by atoms with Crippen molar-refractivity contribution in [2.45, 2.75) is 51.1 Å². The first-order chi connectivity index (χ1) is 11.0. The standard InChI is InChI=1S/C19H27FN2O.ClH/c1-12(13-6-8-17(20)9-7-13)22(2)19(23)16-10-14-4-3-5-15(11-16)18(14)21;/h6-9,12,14-16,18H,3-5,10-11,21H2,1-2H3;1H. The highest BCUT2D eigenvalue weighted by Crippen LogP contribution is 2.42. The van der Waals surface area contributed by atoms with E-state index in [1.165, 1.54) is 31.4 Å². The fraction of sp³-hybridized carbons (Fsp3) is 0.632. The molecule has 0 radical (unpaired) electrons. The molecule has 3 nitrogen and oxygen atoms in total. The van der Waals surface area contributed by atoms with Gasteiger partial charge in [-0.2, -0.15) is 0 Å². The SMILES string of the molecule is CC(c1ccc(F)cc1)N(C)C(=O)C1CC2CCCC(C1)C2N.Cl. The van der Waals surface area contributed by atoms with Gasteiger partial charge in [-0.1, -0.05) is 18.6 Å². The third kappa shape index (κ3) is 3.75. The van der Waals surface area contributed by atoms with E-state index in [0.29, 0.717) is 11.8 Å². The van der Waals surface area contributed by atoms with Crippen molar-refractivity contribution in [2.75, 3.05) is 7.05 Å². The van der Waals surface area contributed by atoms with E-state index in [-0.39, 0.29) is 42.1 Å². The smallest absolute Gasteiger partial charge is 0.225 e. The molecular formula is C19H28ClFN2O. The zero-order chi connectivity index (χ0) is 16.6. The van der Waals surface area contributed by atoms with Crippen LogP contribution in [0.15, 0.2) is 24.3 Å². The number of hydrogen-bond acceptors (Lipinski definition) is 2. The topological polar surface area (TPSA) is 46.3 Å². The van der Waals surface area contributed by atoms with Gasteiger partial charge in [-0.05, 0) is 62.1 Å². The van der Waals surface area contributed by atoms with Gasteiger partial charge in [0.1, 0.15) is 5.82 Å². The van der Waals surface area contributed by atoms with E-state index in [1.807, 2.05) is 18.9 Å². The van der Waals surface area contributed by atoms with Crippen molar-refractivity contribution in [3.63, 3.8) is 0 Å². The van der Waals surface area contributed by atoms with Gasteiger partial charge < -0.3 is 10.6 Å². The van der Waals surface area contributed by atoms with Gasteiger partial charge in [-0.15, -0.1) is 12.4 Å². The van der Waals surface area contributed by atoms with Crippen LogP contribution in [0, 0.1) is 23.6 Å². The summed E-state index contributed by atoms with van der Waals surface area (Å²) in [5.74, 6) is 1.07.